The lowest BCUT2D eigenvalue weighted by molar-refractivity contribution is 0.283. The summed E-state index contributed by atoms with van der Waals surface area (Å²) in [6.07, 6.45) is 5.30. The van der Waals surface area contributed by atoms with Crippen LogP contribution in [0.15, 0.2) is 30.5 Å². The van der Waals surface area contributed by atoms with Crippen LogP contribution >= 0.6 is 0 Å². The van der Waals surface area contributed by atoms with Crippen molar-refractivity contribution in [3.05, 3.63) is 47.3 Å². The SMILES string of the molecule is CCCNC(c1ccn(C)n1)c1cccc2c1OCCC2. The van der Waals surface area contributed by atoms with Crippen molar-refractivity contribution < 1.29 is 4.74 Å². The number of hydrogen-bond acceptors (Lipinski definition) is 3. The Morgan fingerprint density at radius 2 is 2.29 bits per heavy atom. The Kier molecular flexibility index (Phi) is 4.25. The second-order valence-electron chi connectivity index (χ2n) is 5.59. The molecule has 21 heavy (non-hydrogen) atoms. The minimum absolute atomic E-state index is 0.0965. The number of para-hydroxylation sites is 1. The van der Waals surface area contributed by atoms with E-state index in [0.29, 0.717) is 0 Å². The van der Waals surface area contributed by atoms with Gasteiger partial charge in [-0.05, 0) is 37.4 Å². The Balaban J connectivity index is 2.00. The van der Waals surface area contributed by atoms with E-state index in [1.54, 1.807) is 0 Å². The maximum Gasteiger partial charge on any atom is 0.127 e. The van der Waals surface area contributed by atoms with Gasteiger partial charge in [-0.3, -0.25) is 4.68 Å². The topological polar surface area (TPSA) is 39.1 Å². The molecule has 1 aliphatic heterocycles. The fraction of sp³-hybridized carbons (Fsp3) is 0.471. The fourth-order valence-corrected chi connectivity index (χ4v) is 2.89. The van der Waals surface area contributed by atoms with E-state index in [4.69, 9.17) is 4.74 Å². The van der Waals surface area contributed by atoms with Crippen molar-refractivity contribution in [2.45, 2.75) is 32.2 Å². The van der Waals surface area contributed by atoms with Crippen LogP contribution in [0.2, 0.25) is 0 Å². The number of benzene rings is 1. The van der Waals surface area contributed by atoms with Crippen LogP contribution in [0.5, 0.6) is 5.75 Å². The largest absolute Gasteiger partial charge is 0.493 e. The molecule has 0 saturated carbocycles. The number of nitrogens with zero attached hydrogens (tertiary/aromatic N) is 2. The summed E-state index contributed by atoms with van der Waals surface area (Å²) in [5.41, 5.74) is 3.57. The lowest BCUT2D eigenvalue weighted by Gasteiger charge is -2.25. The van der Waals surface area contributed by atoms with Gasteiger partial charge in [-0.2, -0.15) is 5.10 Å². The van der Waals surface area contributed by atoms with Gasteiger partial charge in [0, 0.05) is 18.8 Å². The monoisotopic (exact) mass is 285 g/mol. The van der Waals surface area contributed by atoms with E-state index >= 15 is 0 Å². The average Bonchev–Trinajstić information content (AvgIpc) is 2.94. The second kappa shape index (κ2) is 6.31. The van der Waals surface area contributed by atoms with Crippen LogP contribution in [0.1, 0.15) is 42.6 Å². The molecule has 0 saturated heterocycles. The predicted molar refractivity (Wildman–Crippen MR) is 83.6 cm³/mol. The molecule has 1 unspecified atom stereocenters. The molecule has 3 rings (SSSR count). The molecule has 2 heterocycles. The summed E-state index contributed by atoms with van der Waals surface area (Å²) in [6, 6.07) is 8.64. The van der Waals surface area contributed by atoms with E-state index in [-0.39, 0.29) is 6.04 Å². The summed E-state index contributed by atoms with van der Waals surface area (Å²) in [4.78, 5) is 0. The summed E-state index contributed by atoms with van der Waals surface area (Å²) in [5, 5.41) is 8.20. The molecule has 0 fully saturated rings. The van der Waals surface area contributed by atoms with E-state index in [0.717, 1.165) is 43.9 Å². The number of aromatic nitrogens is 2. The highest BCUT2D eigenvalue weighted by atomic mass is 16.5. The predicted octanol–water partition coefficient (Wildman–Crippen LogP) is 2.83. The normalized spacial score (nSPS) is 15.3. The number of ether oxygens (including phenoxy) is 1. The van der Waals surface area contributed by atoms with Crippen LogP contribution in [-0.4, -0.2) is 22.9 Å². The van der Waals surface area contributed by atoms with Gasteiger partial charge in [-0.1, -0.05) is 25.1 Å². The molecular formula is C17H23N3O. The van der Waals surface area contributed by atoms with Crippen LogP contribution in [0.25, 0.3) is 0 Å². The molecular weight excluding hydrogens is 262 g/mol. The van der Waals surface area contributed by atoms with Gasteiger partial charge in [-0.15, -0.1) is 0 Å². The number of rotatable bonds is 5. The third-order valence-electron chi connectivity index (χ3n) is 3.90. The quantitative estimate of drug-likeness (QED) is 0.918. The van der Waals surface area contributed by atoms with Crippen molar-refractivity contribution in [1.82, 2.24) is 15.1 Å². The summed E-state index contributed by atoms with van der Waals surface area (Å²) in [7, 11) is 1.96. The zero-order chi connectivity index (χ0) is 14.7. The van der Waals surface area contributed by atoms with Gasteiger partial charge >= 0.3 is 0 Å². The van der Waals surface area contributed by atoms with E-state index in [9.17, 15) is 0 Å². The van der Waals surface area contributed by atoms with Crippen LogP contribution in [0, 0.1) is 0 Å². The highest BCUT2D eigenvalue weighted by Gasteiger charge is 2.23. The molecule has 0 amide bonds. The molecule has 4 heteroatoms. The summed E-state index contributed by atoms with van der Waals surface area (Å²) in [6.45, 7) is 3.96. The fourth-order valence-electron chi connectivity index (χ4n) is 2.89. The number of nitrogens with one attached hydrogen (secondary N) is 1. The highest BCUT2D eigenvalue weighted by molar-refractivity contribution is 5.46. The Labute approximate surface area is 126 Å². The molecule has 0 aliphatic carbocycles. The molecule has 0 radical (unpaired) electrons. The van der Waals surface area contributed by atoms with E-state index in [2.05, 4.69) is 41.6 Å². The van der Waals surface area contributed by atoms with Gasteiger partial charge in [0.25, 0.3) is 0 Å². The second-order valence-corrected chi connectivity index (χ2v) is 5.59. The third kappa shape index (κ3) is 2.95. The van der Waals surface area contributed by atoms with E-state index in [1.165, 1.54) is 11.1 Å². The first-order valence-electron chi connectivity index (χ1n) is 7.77. The Hall–Kier alpha value is -1.81. The molecule has 0 spiro atoms. The molecule has 4 nitrogen and oxygen atoms in total. The van der Waals surface area contributed by atoms with E-state index in [1.807, 2.05) is 17.9 Å². The van der Waals surface area contributed by atoms with Crippen molar-refractivity contribution >= 4 is 0 Å². The van der Waals surface area contributed by atoms with Gasteiger partial charge in [0.2, 0.25) is 0 Å². The van der Waals surface area contributed by atoms with Crippen molar-refractivity contribution in [3.63, 3.8) is 0 Å². The van der Waals surface area contributed by atoms with Crippen molar-refractivity contribution in [1.29, 1.82) is 0 Å². The van der Waals surface area contributed by atoms with Crippen LogP contribution < -0.4 is 10.1 Å². The average molecular weight is 285 g/mol. The lowest BCUT2D eigenvalue weighted by atomic mass is 9.96. The van der Waals surface area contributed by atoms with Crippen LogP contribution in [-0.2, 0) is 13.5 Å². The minimum Gasteiger partial charge on any atom is -0.493 e. The maximum absolute atomic E-state index is 5.97. The van der Waals surface area contributed by atoms with Gasteiger partial charge in [0.15, 0.2) is 0 Å². The molecule has 1 aromatic carbocycles. The zero-order valence-corrected chi connectivity index (χ0v) is 12.8. The van der Waals surface area contributed by atoms with Gasteiger partial charge in [-0.25, -0.2) is 0 Å². The standard InChI is InChI=1S/C17H23N3O/c1-3-10-18-16(15-9-11-20(2)19-15)14-8-4-6-13-7-5-12-21-17(13)14/h4,6,8-9,11,16,18H,3,5,7,10,12H2,1-2H3. The summed E-state index contributed by atoms with van der Waals surface area (Å²) >= 11 is 0. The Morgan fingerprint density at radius 3 is 3.05 bits per heavy atom. The summed E-state index contributed by atoms with van der Waals surface area (Å²) in [5.74, 6) is 1.06. The number of fused-ring (bicyclic) bond motifs is 1. The van der Waals surface area contributed by atoms with Crippen molar-refractivity contribution in [3.8, 4) is 5.75 Å². The smallest absolute Gasteiger partial charge is 0.127 e. The molecule has 1 N–H and O–H groups in total. The number of aryl methyl sites for hydroxylation is 2. The first-order valence-corrected chi connectivity index (χ1v) is 7.77. The van der Waals surface area contributed by atoms with Crippen LogP contribution in [0.4, 0.5) is 0 Å². The Morgan fingerprint density at radius 1 is 1.38 bits per heavy atom. The third-order valence-corrected chi connectivity index (χ3v) is 3.90. The highest BCUT2D eigenvalue weighted by Crippen LogP contribution is 2.35. The molecule has 1 aromatic heterocycles. The Bertz CT molecular complexity index is 606. The molecule has 112 valence electrons. The van der Waals surface area contributed by atoms with Gasteiger partial charge < -0.3 is 10.1 Å². The van der Waals surface area contributed by atoms with Gasteiger partial charge in [0.1, 0.15) is 5.75 Å². The van der Waals surface area contributed by atoms with Crippen LogP contribution in [0.3, 0.4) is 0 Å². The minimum atomic E-state index is 0.0965. The van der Waals surface area contributed by atoms with Crippen molar-refractivity contribution in [2.75, 3.05) is 13.2 Å². The summed E-state index contributed by atoms with van der Waals surface area (Å²) < 4.78 is 7.82. The lowest BCUT2D eigenvalue weighted by Crippen LogP contribution is -2.25. The molecule has 0 bridgehead atoms. The first-order chi connectivity index (χ1) is 10.3. The molecule has 1 aliphatic rings. The van der Waals surface area contributed by atoms with E-state index < -0.39 is 0 Å². The maximum atomic E-state index is 5.97. The van der Waals surface area contributed by atoms with Crippen molar-refractivity contribution in [2.24, 2.45) is 7.05 Å². The van der Waals surface area contributed by atoms with Gasteiger partial charge in [0.05, 0.1) is 18.3 Å². The number of hydrogen-bond donors (Lipinski definition) is 1. The first kappa shape index (κ1) is 14.1. The molecule has 1 atom stereocenters. The molecule has 2 aromatic rings. The zero-order valence-electron chi connectivity index (χ0n) is 12.8.